The van der Waals surface area contributed by atoms with Gasteiger partial charge in [-0.25, -0.2) is 4.98 Å². The standard InChI is InChI=1S/C18H11F6N5O2/c19-17(20,21)11-4-10(7-25)5-13(6-11)31-14-15(18(22,23)24)26-9-29(16(14)30)8-12-2-1-3-27-28-12/h1-2,4-6,9,27H,3,8H2. The summed E-state index contributed by atoms with van der Waals surface area (Å²) in [5.41, 5.74) is -1.94. The summed E-state index contributed by atoms with van der Waals surface area (Å²) in [7, 11) is 0. The predicted octanol–water partition coefficient (Wildman–Crippen LogP) is 3.46. The summed E-state index contributed by atoms with van der Waals surface area (Å²) < 4.78 is 84.9. The highest BCUT2D eigenvalue weighted by molar-refractivity contribution is 5.95. The molecule has 0 saturated heterocycles. The Balaban J connectivity index is 2.10. The number of aromatic nitrogens is 2. The van der Waals surface area contributed by atoms with Crippen LogP contribution in [0.15, 0.2) is 46.6 Å². The van der Waals surface area contributed by atoms with Gasteiger partial charge in [-0.1, -0.05) is 6.08 Å². The molecule has 0 aliphatic carbocycles. The van der Waals surface area contributed by atoms with Crippen LogP contribution in [0.3, 0.4) is 0 Å². The molecule has 1 aromatic carbocycles. The van der Waals surface area contributed by atoms with Crippen molar-refractivity contribution in [2.45, 2.75) is 18.9 Å². The van der Waals surface area contributed by atoms with E-state index in [-0.39, 0.29) is 6.54 Å². The molecule has 1 aromatic heterocycles. The van der Waals surface area contributed by atoms with Crippen molar-refractivity contribution < 1.29 is 31.1 Å². The van der Waals surface area contributed by atoms with E-state index < -0.39 is 46.2 Å². The molecule has 0 saturated carbocycles. The minimum absolute atomic E-state index is 0.268. The molecule has 1 N–H and O–H groups in total. The second-order valence-corrected chi connectivity index (χ2v) is 6.18. The summed E-state index contributed by atoms with van der Waals surface area (Å²) in [6.07, 6.45) is -6.19. The molecule has 2 heterocycles. The summed E-state index contributed by atoms with van der Waals surface area (Å²) in [6.45, 7) is 0.157. The monoisotopic (exact) mass is 443 g/mol. The first-order chi connectivity index (χ1) is 14.5. The summed E-state index contributed by atoms with van der Waals surface area (Å²) in [5, 5.41) is 12.8. The summed E-state index contributed by atoms with van der Waals surface area (Å²) in [5.74, 6) is -2.10. The van der Waals surface area contributed by atoms with E-state index in [1.165, 1.54) is 12.1 Å². The van der Waals surface area contributed by atoms with Crippen molar-refractivity contribution in [1.29, 1.82) is 5.26 Å². The molecule has 0 bridgehead atoms. The number of alkyl halides is 6. The van der Waals surface area contributed by atoms with Gasteiger partial charge in [0.2, 0.25) is 5.75 Å². The van der Waals surface area contributed by atoms with E-state index in [1.807, 2.05) is 0 Å². The van der Waals surface area contributed by atoms with E-state index in [2.05, 4.69) is 15.5 Å². The van der Waals surface area contributed by atoms with Crippen LogP contribution in [0, 0.1) is 11.3 Å². The minimum Gasteiger partial charge on any atom is -0.449 e. The number of benzene rings is 1. The molecule has 3 rings (SSSR count). The van der Waals surface area contributed by atoms with Gasteiger partial charge in [-0.15, -0.1) is 0 Å². The zero-order chi connectivity index (χ0) is 22.8. The SMILES string of the molecule is N#Cc1cc(Oc2c(C(F)(F)F)ncn(CC3=NNCC=C3)c2=O)cc(C(F)(F)F)c1. The Morgan fingerprint density at radius 1 is 1.16 bits per heavy atom. The molecule has 7 nitrogen and oxygen atoms in total. The number of allylic oxidation sites excluding steroid dienone is 1. The highest BCUT2D eigenvalue weighted by Crippen LogP contribution is 2.37. The highest BCUT2D eigenvalue weighted by Gasteiger charge is 2.39. The van der Waals surface area contributed by atoms with Crippen LogP contribution in [0.5, 0.6) is 11.5 Å². The molecule has 0 unspecified atom stereocenters. The van der Waals surface area contributed by atoms with Crippen molar-refractivity contribution in [2.75, 3.05) is 6.54 Å². The minimum atomic E-state index is -5.13. The van der Waals surface area contributed by atoms with Crippen LogP contribution >= 0.6 is 0 Å². The molecule has 0 radical (unpaired) electrons. The van der Waals surface area contributed by atoms with Gasteiger partial charge in [-0.05, 0) is 24.3 Å². The fourth-order valence-corrected chi connectivity index (χ4v) is 2.58. The number of halogens is 6. The lowest BCUT2D eigenvalue weighted by Crippen LogP contribution is -2.29. The molecule has 0 atom stereocenters. The average molecular weight is 443 g/mol. The van der Waals surface area contributed by atoms with Gasteiger partial charge in [0.25, 0.3) is 5.56 Å². The number of nitrogens with one attached hydrogen (secondary N) is 1. The molecule has 13 heteroatoms. The normalized spacial score (nSPS) is 13.9. The Morgan fingerprint density at radius 2 is 1.90 bits per heavy atom. The summed E-state index contributed by atoms with van der Waals surface area (Å²) in [4.78, 5) is 15.9. The molecule has 1 aliphatic rings. The number of hydrazone groups is 1. The first-order valence-electron chi connectivity index (χ1n) is 8.42. The van der Waals surface area contributed by atoms with E-state index in [4.69, 9.17) is 10.00 Å². The molecule has 0 spiro atoms. The number of nitrogens with zero attached hydrogens (tertiary/aromatic N) is 4. The maximum atomic E-state index is 13.4. The maximum absolute atomic E-state index is 13.4. The topological polar surface area (TPSA) is 92.3 Å². The lowest BCUT2D eigenvalue weighted by molar-refractivity contribution is -0.142. The molecule has 0 amide bonds. The van der Waals surface area contributed by atoms with Gasteiger partial charge in [-0.2, -0.15) is 36.7 Å². The van der Waals surface area contributed by atoms with Gasteiger partial charge in [0.15, 0.2) is 5.69 Å². The molecule has 0 fully saturated rings. The third-order valence-electron chi connectivity index (χ3n) is 3.92. The first-order valence-corrected chi connectivity index (χ1v) is 8.42. The first kappa shape index (κ1) is 21.9. The van der Waals surface area contributed by atoms with Crippen LogP contribution in [-0.4, -0.2) is 21.8 Å². The van der Waals surface area contributed by atoms with Gasteiger partial charge < -0.3 is 10.2 Å². The molecule has 162 valence electrons. The number of hydrogen-bond acceptors (Lipinski definition) is 6. The lowest BCUT2D eigenvalue weighted by atomic mass is 10.1. The van der Waals surface area contributed by atoms with Crippen molar-refractivity contribution in [3.63, 3.8) is 0 Å². The zero-order valence-corrected chi connectivity index (χ0v) is 15.3. The molecular formula is C18H11F6N5O2. The molecule has 31 heavy (non-hydrogen) atoms. The van der Waals surface area contributed by atoms with Crippen LogP contribution in [-0.2, 0) is 18.9 Å². The van der Waals surface area contributed by atoms with Gasteiger partial charge in [0, 0.05) is 0 Å². The van der Waals surface area contributed by atoms with Crippen LogP contribution < -0.4 is 15.7 Å². The number of ether oxygens (including phenoxy) is 1. The maximum Gasteiger partial charge on any atom is 0.437 e. The van der Waals surface area contributed by atoms with Gasteiger partial charge in [0.1, 0.15) is 5.75 Å². The van der Waals surface area contributed by atoms with Crippen molar-refractivity contribution in [3.8, 4) is 17.6 Å². The second-order valence-electron chi connectivity index (χ2n) is 6.18. The van der Waals surface area contributed by atoms with E-state index >= 15 is 0 Å². The Morgan fingerprint density at radius 3 is 2.48 bits per heavy atom. The van der Waals surface area contributed by atoms with Crippen LogP contribution in [0.4, 0.5) is 26.3 Å². The van der Waals surface area contributed by atoms with Crippen molar-refractivity contribution in [3.05, 3.63) is 63.9 Å². The fraction of sp³-hybridized carbons (Fsp3) is 0.222. The predicted molar refractivity (Wildman–Crippen MR) is 94.3 cm³/mol. The van der Waals surface area contributed by atoms with Gasteiger partial charge >= 0.3 is 12.4 Å². The largest absolute Gasteiger partial charge is 0.449 e. The third-order valence-corrected chi connectivity index (χ3v) is 3.92. The summed E-state index contributed by atoms with van der Waals surface area (Å²) >= 11 is 0. The van der Waals surface area contributed by atoms with Crippen LogP contribution in [0.25, 0.3) is 0 Å². The Labute approximate surface area is 169 Å². The quantitative estimate of drug-likeness (QED) is 0.731. The van der Waals surface area contributed by atoms with Crippen molar-refractivity contribution in [2.24, 2.45) is 5.10 Å². The van der Waals surface area contributed by atoms with E-state index in [0.717, 1.165) is 10.6 Å². The van der Waals surface area contributed by atoms with Crippen LogP contribution in [0.1, 0.15) is 16.8 Å². The Hall–Kier alpha value is -3.82. The van der Waals surface area contributed by atoms with E-state index in [1.54, 1.807) is 6.08 Å². The average Bonchev–Trinajstić information content (AvgIpc) is 2.70. The van der Waals surface area contributed by atoms with Crippen LogP contribution in [0.2, 0.25) is 0 Å². The highest BCUT2D eigenvalue weighted by atomic mass is 19.4. The van der Waals surface area contributed by atoms with E-state index in [9.17, 15) is 31.1 Å². The number of rotatable bonds is 4. The number of hydrogen-bond donors (Lipinski definition) is 1. The zero-order valence-electron chi connectivity index (χ0n) is 15.3. The van der Waals surface area contributed by atoms with Crippen molar-refractivity contribution >= 4 is 5.71 Å². The Bertz CT molecular complexity index is 1160. The second kappa shape index (κ2) is 8.13. The molecule has 1 aliphatic heterocycles. The molecule has 2 aromatic rings. The third kappa shape index (κ3) is 5.03. The lowest BCUT2D eigenvalue weighted by Gasteiger charge is -2.16. The van der Waals surface area contributed by atoms with Gasteiger partial charge in [0.05, 0.1) is 42.3 Å². The summed E-state index contributed by atoms with van der Waals surface area (Å²) in [6, 6.07) is 3.13. The Kier molecular flexibility index (Phi) is 5.74. The van der Waals surface area contributed by atoms with E-state index in [0.29, 0.717) is 30.7 Å². The smallest absolute Gasteiger partial charge is 0.437 e. The fourth-order valence-electron chi connectivity index (χ4n) is 2.58. The van der Waals surface area contributed by atoms with Crippen molar-refractivity contribution in [1.82, 2.24) is 15.0 Å². The van der Waals surface area contributed by atoms with Gasteiger partial charge in [-0.3, -0.25) is 9.36 Å². The molecular weight excluding hydrogens is 432 g/mol. The number of nitriles is 1.